The molecule has 26 heavy (non-hydrogen) atoms. The van der Waals surface area contributed by atoms with Crippen LogP contribution >= 0.6 is 0 Å². The molecule has 0 saturated heterocycles. The first-order valence-corrected chi connectivity index (χ1v) is 9.40. The van der Waals surface area contributed by atoms with Crippen molar-refractivity contribution in [1.82, 2.24) is 10.2 Å². The molecule has 0 aliphatic heterocycles. The molecule has 2 rings (SSSR count). The van der Waals surface area contributed by atoms with Crippen molar-refractivity contribution in [3.63, 3.8) is 0 Å². The van der Waals surface area contributed by atoms with Crippen LogP contribution in [0.2, 0.25) is 0 Å². The van der Waals surface area contributed by atoms with Crippen molar-refractivity contribution in [3.8, 4) is 0 Å². The summed E-state index contributed by atoms with van der Waals surface area (Å²) in [5, 5.41) is 2.78. The maximum absolute atomic E-state index is 12.5. The van der Waals surface area contributed by atoms with Crippen LogP contribution < -0.4 is 5.32 Å². The van der Waals surface area contributed by atoms with E-state index in [0.29, 0.717) is 6.54 Å². The van der Waals surface area contributed by atoms with Gasteiger partial charge in [-0.25, -0.2) is 8.42 Å². The van der Waals surface area contributed by atoms with Gasteiger partial charge in [-0.15, -0.1) is 0 Å². The zero-order valence-electron chi connectivity index (χ0n) is 14.4. The molecule has 0 fully saturated rings. The number of sulfone groups is 1. The summed E-state index contributed by atoms with van der Waals surface area (Å²) in [5.41, 5.74) is 1.24. The first-order valence-electron chi connectivity index (χ1n) is 7.85. The maximum Gasteiger partial charge on any atom is 0.341 e. The summed E-state index contributed by atoms with van der Waals surface area (Å²) in [6.45, 7) is 0.340. The second-order valence-corrected chi connectivity index (χ2v) is 7.85. The number of hydrogen-bond donors (Lipinski definition) is 1. The summed E-state index contributed by atoms with van der Waals surface area (Å²) >= 11 is 0. The third-order valence-corrected chi connectivity index (χ3v) is 5.34. The van der Waals surface area contributed by atoms with Gasteiger partial charge >= 0.3 is 5.76 Å². The Morgan fingerprint density at radius 1 is 1.04 bits per heavy atom. The van der Waals surface area contributed by atoms with Gasteiger partial charge in [0.2, 0.25) is 9.84 Å². The molecular weight excluding hydrogens is 362 g/mol. The number of carbonyl (C=O) groups is 1. The van der Waals surface area contributed by atoms with Gasteiger partial charge in [0, 0.05) is 12.1 Å². The number of carbonyl (C=O) groups excluding carboxylic acids is 1. The summed E-state index contributed by atoms with van der Waals surface area (Å²) in [5.74, 6) is -3.90. The van der Waals surface area contributed by atoms with Crippen molar-refractivity contribution in [2.45, 2.75) is 16.7 Å². The van der Waals surface area contributed by atoms with Crippen molar-refractivity contribution < 1.29 is 22.0 Å². The predicted octanol–water partition coefficient (Wildman–Crippen LogP) is 2.72. The molecule has 8 heteroatoms. The van der Waals surface area contributed by atoms with Crippen LogP contribution in [-0.2, 0) is 9.84 Å². The minimum atomic E-state index is -4.66. The topological polar surface area (TPSA) is 66.5 Å². The minimum Gasteiger partial charge on any atom is -0.350 e. The molecule has 1 unspecified atom stereocenters. The van der Waals surface area contributed by atoms with E-state index in [-0.39, 0.29) is 11.6 Å². The van der Waals surface area contributed by atoms with E-state index in [0.717, 1.165) is 17.7 Å². The molecule has 0 aromatic heterocycles. The standard InChI is InChI=1S/C18H20F2N2O3S/c1-22(2)16(13-6-4-3-5-7-13)12-21-17(23)14-8-10-15(11-9-14)26(24,25)18(19)20/h3-11,16,18H,12H2,1-2H3,(H,21,23). The highest BCUT2D eigenvalue weighted by molar-refractivity contribution is 7.91. The van der Waals surface area contributed by atoms with Crippen molar-refractivity contribution in [3.05, 3.63) is 65.7 Å². The zero-order chi connectivity index (χ0) is 19.3. The molecular formula is C18H20F2N2O3S. The SMILES string of the molecule is CN(C)C(CNC(=O)c1ccc(S(=O)(=O)C(F)F)cc1)c1ccccc1. The quantitative estimate of drug-likeness (QED) is 0.800. The summed E-state index contributed by atoms with van der Waals surface area (Å²) in [6, 6.07) is 14.1. The van der Waals surface area contributed by atoms with Gasteiger partial charge < -0.3 is 10.2 Å². The van der Waals surface area contributed by atoms with Crippen LogP contribution in [0.25, 0.3) is 0 Å². The molecule has 1 N–H and O–H groups in total. The number of alkyl halides is 2. The van der Waals surface area contributed by atoms with Crippen molar-refractivity contribution in [1.29, 1.82) is 0 Å². The lowest BCUT2D eigenvalue weighted by molar-refractivity contribution is 0.0942. The lowest BCUT2D eigenvalue weighted by Crippen LogP contribution is -2.34. The molecule has 0 heterocycles. The van der Waals surface area contributed by atoms with Crippen LogP contribution in [0.4, 0.5) is 8.78 Å². The monoisotopic (exact) mass is 382 g/mol. The van der Waals surface area contributed by atoms with Crippen molar-refractivity contribution in [2.75, 3.05) is 20.6 Å². The van der Waals surface area contributed by atoms with Crippen molar-refractivity contribution in [2.24, 2.45) is 0 Å². The molecule has 5 nitrogen and oxygen atoms in total. The van der Waals surface area contributed by atoms with Crippen LogP contribution in [0.3, 0.4) is 0 Å². The fourth-order valence-electron chi connectivity index (χ4n) is 2.46. The summed E-state index contributed by atoms with van der Waals surface area (Å²) in [7, 11) is -0.871. The highest BCUT2D eigenvalue weighted by Gasteiger charge is 2.26. The summed E-state index contributed by atoms with van der Waals surface area (Å²) < 4.78 is 47.9. The molecule has 0 aliphatic carbocycles. The average Bonchev–Trinajstić information content (AvgIpc) is 2.62. The van der Waals surface area contributed by atoms with Gasteiger partial charge in [-0.3, -0.25) is 4.79 Å². The highest BCUT2D eigenvalue weighted by atomic mass is 32.2. The lowest BCUT2D eigenvalue weighted by atomic mass is 10.1. The van der Waals surface area contributed by atoms with Crippen LogP contribution in [0.5, 0.6) is 0 Å². The Hall–Kier alpha value is -2.32. The number of rotatable bonds is 7. The Morgan fingerprint density at radius 2 is 1.62 bits per heavy atom. The molecule has 1 atom stereocenters. The van der Waals surface area contributed by atoms with Gasteiger partial charge in [-0.1, -0.05) is 30.3 Å². The van der Waals surface area contributed by atoms with E-state index in [1.54, 1.807) is 0 Å². The average molecular weight is 382 g/mol. The number of amides is 1. The molecule has 0 radical (unpaired) electrons. The maximum atomic E-state index is 12.5. The summed E-state index contributed by atoms with van der Waals surface area (Å²) in [4.78, 5) is 13.7. The molecule has 2 aromatic carbocycles. The van der Waals surface area contributed by atoms with Gasteiger partial charge in [-0.05, 0) is 43.9 Å². The van der Waals surface area contributed by atoms with Crippen LogP contribution in [-0.4, -0.2) is 45.6 Å². The first kappa shape index (κ1) is 20.0. The van der Waals surface area contributed by atoms with E-state index in [1.807, 2.05) is 49.3 Å². The normalized spacial score (nSPS) is 13.0. The Bertz CT molecular complexity index is 838. The van der Waals surface area contributed by atoms with E-state index < -0.39 is 26.4 Å². The van der Waals surface area contributed by atoms with Gasteiger partial charge in [0.15, 0.2) is 0 Å². The second kappa shape index (κ2) is 8.37. The lowest BCUT2D eigenvalue weighted by Gasteiger charge is -2.25. The fourth-order valence-corrected chi connectivity index (χ4v) is 3.19. The fraction of sp³-hybridized carbons (Fsp3) is 0.278. The zero-order valence-corrected chi connectivity index (χ0v) is 15.2. The highest BCUT2D eigenvalue weighted by Crippen LogP contribution is 2.19. The van der Waals surface area contributed by atoms with Crippen LogP contribution in [0.15, 0.2) is 59.5 Å². The summed E-state index contributed by atoms with van der Waals surface area (Å²) in [6.07, 6.45) is 0. The van der Waals surface area contributed by atoms with Gasteiger partial charge in [0.25, 0.3) is 5.91 Å². The third kappa shape index (κ3) is 4.64. The minimum absolute atomic E-state index is 0.0429. The number of hydrogen-bond acceptors (Lipinski definition) is 4. The molecule has 0 spiro atoms. The van der Waals surface area contributed by atoms with E-state index in [1.165, 1.54) is 12.1 Å². The molecule has 0 saturated carbocycles. The molecule has 1 amide bonds. The number of nitrogens with one attached hydrogen (secondary N) is 1. The predicted molar refractivity (Wildman–Crippen MR) is 94.8 cm³/mol. The van der Waals surface area contributed by atoms with Crippen LogP contribution in [0.1, 0.15) is 22.0 Å². The first-order chi connectivity index (χ1) is 12.2. The number of halogens is 2. The Balaban J connectivity index is 2.08. The van der Waals surface area contributed by atoms with E-state index in [9.17, 15) is 22.0 Å². The van der Waals surface area contributed by atoms with Crippen molar-refractivity contribution >= 4 is 15.7 Å². The van der Waals surface area contributed by atoms with E-state index in [4.69, 9.17) is 0 Å². The molecule has 0 bridgehead atoms. The largest absolute Gasteiger partial charge is 0.350 e. The number of benzene rings is 2. The second-order valence-electron chi connectivity index (χ2n) is 5.93. The van der Waals surface area contributed by atoms with Gasteiger partial charge in [0.05, 0.1) is 10.9 Å². The van der Waals surface area contributed by atoms with Gasteiger partial charge in [0.1, 0.15) is 0 Å². The third-order valence-electron chi connectivity index (χ3n) is 3.94. The smallest absolute Gasteiger partial charge is 0.341 e. The Kier molecular flexibility index (Phi) is 6.44. The van der Waals surface area contributed by atoms with E-state index >= 15 is 0 Å². The molecule has 140 valence electrons. The van der Waals surface area contributed by atoms with Gasteiger partial charge in [-0.2, -0.15) is 8.78 Å². The van der Waals surface area contributed by atoms with Crippen LogP contribution in [0, 0.1) is 0 Å². The van der Waals surface area contributed by atoms with E-state index in [2.05, 4.69) is 5.32 Å². The molecule has 2 aromatic rings. The Morgan fingerprint density at radius 3 is 2.12 bits per heavy atom. The number of nitrogens with zero attached hydrogens (tertiary/aromatic N) is 1. The number of likely N-dealkylation sites (N-methyl/N-ethyl adjacent to an activating group) is 1. The Labute approximate surface area is 151 Å². The molecule has 0 aliphatic rings.